The molecule has 0 aliphatic rings. The van der Waals surface area contributed by atoms with Gasteiger partial charge in [0.15, 0.2) is 6.20 Å². The molecule has 1 aromatic rings. The summed E-state index contributed by atoms with van der Waals surface area (Å²) >= 11 is 0. The van der Waals surface area contributed by atoms with Gasteiger partial charge in [-0.3, -0.25) is 0 Å². The summed E-state index contributed by atoms with van der Waals surface area (Å²) in [6.45, 7) is 0. The van der Waals surface area contributed by atoms with Crippen molar-refractivity contribution in [3.8, 4) is 0 Å². The number of nitrogens with one attached hydrogen (secondary N) is 1. The smallest absolute Gasteiger partial charge is 0.247 e. The summed E-state index contributed by atoms with van der Waals surface area (Å²) in [6.07, 6.45) is 4.61. The van der Waals surface area contributed by atoms with Crippen molar-refractivity contribution in [2.45, 2.75) is 0 Å². The molecule has 0 bridgehead atoms. The van der Waals surface area contributed by atoms with Gasteiger partial charge in [0.2, 0.25) is 0 Å². The van der Waals surface area contributed by atoms with Crippen LogP contribution < -0.4 is 9.72 Å². The van der Waals surface area contributed by atoms with Crippen LogP contribution in [0.15, 0.2) is 18.7 Å². The second-order valence-electron chi connectivity index (χ2n) is 1.05. The van der Waals surface area contributed by atoms with E-state index >= 15 is 0 Å². The van der Waals surface area contributed by atoms with Gasteiger partial charge in [-0.2, -0.15) is 10.2 Å². The molecule has 0 amide bonds. The number of hydrogen-bond donors (Lipinski definition) is 2. The van der Waals surface area contributed by atoms with E-state index in [0.29, 0.717) is 0 Å². The lowest BCUT2D eigenvalue weighted by atomic mass is 11.0. The summed E-state index contributed by atoms with van der Waals surface area (Å²) in [5, 5.41) is 7.87. The summed E-state index contributed by atoms with van der Waals surface area (Å²) in [7, 11) is 0. The van der Waals surface area contributed by atoms with Gasteiger partial charge in [-0.1, -0.05) is 0 Å². The monoisotopic (exact) mass is 101 g/mol. The van der Waals surface area contributed by atoms with Crippen LogP contribution in [-0.4, -0.2) is 10.2 Å². The average molecular weight is 101 g/mol. The summed E-state index contributed by atoms with van der Waals surface area (Å²) < 4.78 is 1.12. The highest BCUT2D eigenvalue weighted by atomic mass is 17.2. The van der Waals surface area contributed by atoms with E-state index in [2.05, 4.69) is 9.97 Å². The maximum absolute atomic E-state index is 7.87. The Bertz CT molecular complexity index is 125. The van der Waals surface area contributed by atoms with Gasteiger partial charge in [-0.15, -0.1) is 0 Å². The minimum absolute atomic E-state index is 1.12. The quantitative estimate of drug-likeness (QED) is 0.276. The second-order valence-corrected chi connectivity index (χ2v) is 1.05. The highest BCUT2D eigenvalue weighted by Crippen LogP contribution is 1.61. The van der Waals surface area contributed by atoms with Crippen LogP contribution in [0.25, 0.3) is 0 Å². The molecule has 7 heavy (non-hydrogen) atoms. The van der Waals surface area contributed by atoms with E-state index < -0.39 is 0 Å². The van der Waals surface area contributed by atoms with Gasteiger partial charge >= 0.3 is 0 Å². The Morgan fingerprint density at radius 2 is 2.57 bits per heavy atom. The van der Waals surface area contributed by atoms with Crippen molar-refractivity contribution >= 4 is 0 Å². The Kier molecular flexibility index (Phi) is 0.953. The highest BCUT2D eigenvalue weighted by molar-refractivity contribution is 4.53. The van der Waals surface area contributed by atoms with Gasteiger partial charge in [0, 0.05) is 0 Å². The molecular formula is C3H5N2O2+. The maximum Gasteiger partial charge on any atom is 0.285 e. The topological polar surface area (TPSA) is 49.1 Å². The van der Waals surface area contributed by atoms with Crippen molar-refractivity contribution in [1.82, 2.24) is 4.98 Å². The molecule has 0 aromatic carbocycles. The number of H-pyrrole nitrogens is 1. The number of rotatable bonds is 1. The zero-order valence-corrected chi connectivity index (χ0v) is 3.53. The number of hydrogen-bond acceptors (Lipinski definition) is 2. The Hall–Kier alpha value is -1.03. The lowest BCUT2D eigenvalue weighted by Crippen LogP contribution is -2.37. The van der Waals surface area contributed by atoms with E-state index in [0.717, 1.165) is 4.73 Å². The van der Waals surface area contributed by atoms with E-state index in [1.54, 1.807) is 6.20 Å². The summed E-state index contributed by atoms with van der Waals surface area (Å²) in [4.78, 5) is 6.40. The molecule has 0 radical (unpaired) electrons. The number of aromatic amines is 1. The van der Waals surface area contributed by atoms with Gasteiger partial charge in [0.25, 0.3) is 6.33 Å². The fourth-order valence-corrected chi connectivity index (χ4v) is 0.327. The molecule has 0 fully saturated rings. The number of aromatic nitrogens is 2. The van der Waals surface area contributed by atoms with Crippen molar-refractivity contribution in [3.63, 3.8) is 0 Å². The molecule has 4 heteroatoms. The van der Waals surface area contributed by atoms with Crippen LogP contribution in [-0.2, 0) is 0 Å². The fourth-order valence-electron chi connectivity index (χ4n) is 0.327. The molecule has 0 saturated heterocycles. The van der Waals surface area contributed by atoms with Crippen LogP contribution in [0.5, 0.6) is 0 Å². The summed E-state index contributed by atoms with van der Waals surface area (Å²) in [6, 6.07) is 0. The van der Waals surface area contributed by atoms with E-state index in [1.807, 2.05) is 0 Å². The molecule has 0 spiro atoms. The number of imidazole rings is 1. The minimum Gasteiger partial charge on any atom is -0.247 e. The first-order valence-electron chi connectivity index (χ1n) is 1.79. The Labute approximate surface area is 39.9 Å². The number of nitrogens with zero attached hydrogens (tertiary/aromatic N) is 1. The van der Waals surface area contributed by atoms with Gasteiger partial charge < -0.3 is 0 Å². The normalized spacial score (nSPS) is 8.71. The SMILES string of the molecule is OO[n+]1cc[nH]c1. The molecule has 1 heterocycles. The van der Waals surface area contributed by atoms with Crippen molar-refractivity contribution in [1.29, 1.82) is 0 Å². The van der Waals surface area contributed by atoms with E-state index in [1.165, 1.54) is 12.5 Å². The molecule has 0 atom stereocenters. The van der Waals surface area contributed by atoms with Crippen LogP contribution in [0.4, 0.5) is 0 Å². The molecular weight excluding hydrogens is 96.0 g/mol. The van der Waals surface area contributed by atoms with Crippen LogP contribution in [0.1, 0.15) is 0 Å². The molecule has 2 N–H and O–H groups in total. The highest BCUT2D eigenvalue weighted by Gasteiger charge is 1.89. The molecule has 0 unspecified atom stereocenters. The average Bonchev–Trinajstić information content (AvgIpc) is 2.14. The molecule has 4 nitrogen and oxygen atoms in total. The van der Waals surface area contributed by atoms with Crippen LogP contribution in [0.2, 0.25) is 0 Å². The first-order valence-corrected chi connectivity index (χ1v) is 1.79. The van der Waals surface area contributed by atoms with Gasteiger partial charge in [-0.25, -0.2) is 4.98 Å². The van der Waals surface area contributed by atoms with E-state index in [-0.39, 0.29) is 0 Å². The third kappa shape index (κ3) is 0.690. The largest absolute Gasteiger partial charge is 0.285 e. The second kappa shape index (κ2) is 1.61. The van der Waals surface area contributed by atoms with Gasteiger partial charge in [0.1, 0.15) is 6.20 Å². The summed E-state index contributed by atoms with van der Waals surface area (Å²) in [5.41, 5.74) is 0. The fraction of sp³-hybridized carbons (Fsp3) is 0. The minimum atomic E-state index is 1.12. The van der Waals surface area contributed by atoms with Gasteiger partial charge in [-0.05, 0) is 4.73 Å². The first-order chi connectivity index (χ1) is 3.43. The zero-order chi connectivity index (χ0) is 5.11. The van der Waals surface area contributed by atoms with Crippen LogP contribution in [0.3, 0.4) is 0 Å². The standard InChI is InChI=1S/C3H4N2O2/c6-7-5-2-1-4-3-5/h1-3,6H/p+1. The van der Waals surface area contributed by atoms with Crippen LogP contribution >= 0.6 is 0 Å². The first kappa shape index (κ1) is 4.14. The molecule has 0 aliphatic heterocycles. The lowest BCUT2D eigenvalue weighted by molar-refractivity contribution is -0.955. The molecule has 1 aromatic heterocycles. The van der Waals surface area contributed by atoms with Crippen molar-refractivity contribution in [2.24, 2.45) is 0 Å². The maximum atomic E-state index is 7.87. The third-order valence-corrected chi connectivity index (χ3v) is 0.614. The Morgan fingerprint density at radius 3 is 2.86 bits per heavy atom. The molecule has 38 valence electrons. The van der Waals surface area contributed by atoms with Crippen LogP contribution in [0, 0.1) is 0 Å². The van der Waals surface area contributed by atoms with E-state index in [9.17, 15) is 0 Å². The molecule has 1 rings (SSSR count). The van der Waals surface area contributed by atoms with Crippen molar-refractivity contribution in [2.75, 3.05) is 0 Å². The predicted octanol–water partition coefficient (Wildman–Crippen LogP) is -0.796. The third-order valence-electron chi connectivity index (χ3n) is 0.614. The Balaban J connectivity index is 2.76. The predicted molar refractivity (Wildman–Crippen MR) is 20.2 cm³/mol. The molecule has 0 aliphatic carbocycles. The Morgan fingerprint density at radius 1 is 1.71 bits per heavy atom. The summed E-state index contributed by atoms with van der Waals surface area (Å²) in [5.74, 6) is 0. The van der Waals surface area contributed by atoms with Crippen molar-refractivity contribution in [3.05, 3.63) is 18.7 Å². The molecule has 0 saturated carbocycles. The zero-order valence-electron chi connectivity index (χ0n) is 3.53. The van der Waals surface area contributed by atoms with E-state index in [4.69, 9.17) is 5.26 Å². The van der Waals surface area contributed by atoms with Crippen molar-refractivity contribution < 1.29 is 15.0 Å². The van der Waals surface area contributed by atoms with Gasteiger partial charge in [0.05, 0.1) is 0 Å². The lowest BCUT2D eigenvalue weighted by Gasteiger charge is -1.78.